The first-order valence-corrected chi connectivity index (χ1v) is 15.1. The molecule has 0 amide bonds. The van der Waals surface area contributed by atoms with Crippen molar-refractivity contribution in [3.05, 3.63) is 23.8 Å². The summed E-state index contributed by atoms with van der Waals surface area (Å²) in [5.41, 5.74) is 2.26. The van der Waals surface area contributed by atoms with Crippen molar-refractivity contribution in [1.82, 2.24) is 0 Å². The molecule has 0 spiro atoms. The van der Waals surface area contributed by atoms with Gasteiger partial charge in [-0.25, -0.2) is 4.79 Å². The second kappa shape index (κ2) is 15.0. The van der Waals surface area contributed by atoms with E-state index in [1.807, 2.05) is 0 Å². The monoisotopic (exact) mass is 556 g/mol. The summed E-state index contributed by atoms with van der Waals surface area (Å²) in [4.78, 5) is 12.3. The van der Waals surface area contributed by atoms with Crippen molar-refractivity contribution in [2.75, 3.05) is 6.61 Å². The molecule has 0 atom stereocenters. The molecule has 0 fully saturated rings. The van der Waals surface area contributed by atoms with Crippen LogP contribution in [0.5, 0.6) is 11.5 Å². The Hall–Kier alpha value is 0.102. The second-order valence-corrected chi connectivity index (χ2v) is 14.6. The van der Waals surface area contributed by atoms with Gasteiger partial charge in [0.15, 0.2) is 16.3 Å². The van der Waals surface area contributed by atoms with Crippen LogP contribution in [0.3, 0.4) is 0 Å². The Morgan fingerprint density at radius 1 is 0.897 bits per heavy atom. The molecule has 0 aromatic heterocycles. The zero-order chi connectivity index (χ0) is 22.7. The number of esters is 1. The fourth-order valence-corrected chi connectivity index (χ4v) is 7.36. The van der Waals surface area contributed by atoms with E-state index in [9.17, 15) is 4.79 Å². The number of halogens is 1. The van der Waals surface area contributed by atoms with Crippen LogP contribution in [0, 0.1) is 6.07 Å². The molecule has 0 heterocycles. The molecule has 4 nitrogen and oxygen atoms in total. The van der Waals surface area contributed by atoms with Gasteiger partial charge in [0.05, 0.1) is 40.7 Å². The van der Waals surface area contributed by atoms with Gasteiger partial charge in [-0.3, -0.25) is 0 Å². The molecule has 1 aromatic carbocycles. The van der Waals surface area contributed by atoms with Crippen LogP contribution < -0.4 is 9.05 Å². The second-order valence-electron chi connectivity index (χ2n) is 7.95. The first-order valence-electron chi connectivity index (χ1n) is 10.0. The number of hydrogen-bond acceptors (Lipinski definition) is 4. The summed E-state index contributed by atoms with van der Waals surface area (Å²) >= 11 is 2.22. The van der Waals surface area contributed by atoms with Crippen LogP contribution in [0.1, 0.15) is 72.7 Å². The van der Waals surface area contributed by atoms with Crippen molar-refractivity contribution < 1.29 is 36.8 Å². The third-order valence-corrected chi connectivity index (χ3v) is 9.53. The summed E-state index contributed by atoms with van der Waals surface area (Å²) in [5.74, 6) is 0.813. The molecule has 29 heavy (non-hydrogen) atoms. The molecule has 0 aliphatic carbocycles. The Balaban J connectivity index is 0.00000379. The van der Waals surface area contributed by atoms with Crippen molar-refractivity contribution in [3.63, 3.8) is 0 Å². The summed E-state index contributed by atoms with van der Waals surface area (Å²) in [7, 11) is 2.30. The van der Waals surface area contributed by atoms with Gasteiger partial charge in [0.2, 0.25) is 0 Å². The van der Waals surface area contributed by atoms with Gasteiger partial charge in [0, 0.05) is 0 Å². The molecule has 0 unspecified atom stereocenters. The molecule has 8 heteroatoms. The van der Waals surface area contributed by atoms with Gasteiger partial charge in [0.1, 0.15) is 0 Å². The molecule has 170 valence electrons. The molecule has 1 aromatic rings. The number of carbonyl (C=O) groups is 1. The maximum atomic E-state index is 12.3. The van der Waals surface area contributed by atoms with Gasteiger partial charge in [-0.05, 0) is 67.9 Å². The van der Waals surface area contributed by atoms with Crippen LogP contribution in [-0.2, 0) is 22.9 Å². The Bertz CT molecular complexity index is 556. The van der Waals surface area contributed by atoms with Crippen LogP contribution in [0.15, 0.2) is 12.1 Å². The average Bonchev–Trinajstić information content (AvgIpc) is 2.64. The number of hydrogen-bond donors (Lipinski definition) is 0. The standard InChI is InChI=1S/C21H35O4P2.ClH.Pd/c1-10-23-21(22)18-11-19(24-26(14(2)3)15(4)5)13-20(12-18)25-27(16(6)7)17(8)9;;/h11-12,14-17H,10H2,1-9H3;1H;/q-1;;+2/p+1. The van der Waals surface area contributed by atoms with Gasteiger partial charge >= 0.3 is 33.7 Å². The normalized spacial score (nSPS) is 11.4. The molecule has 0 bridgehead atoms. The molecule has 0 saturated carbocycles. The van der Waals surface area contributed by atoms with E-state index in [1.54, 1.807) is 19.1 Å². The molecule has 1 rings (SSSR count). The molecule has 0 N–H and O–H groups in total. The maximum absolute atomic E-state index is 12.3. The van der Waals surface area contributed by atoms with Crippen molar-refractivity contribution in [3.8, 4) is 11.5 Å². The minimum absolute atomic E-state index is 0.337. The average molecular weight is 557 g/mol. The van der Waals surface area contributed by atoms with Gasteiger partial charge in [-0.15, -0.1) is 12.1 Å². The summed E-state index contributed by atoms with van der Waals surface area (Å²) in [5, 5.41) is 0. The van der Waals surface area contributed by atoms with Crippen LogP contribution in [0.4, 0.5) is 0 Å². The molecule has 0 radical (unpaired) electrons. The minimum atomic E-state index is -1.09. The molecule has 0 saturated heterocycles. The van der Waals surface area contributed by atoms with E-state index in [0.717, 1.165) is 0 Å². The zero-order valence-electron chi connectivity index (χ0n) is 19.0. The van der Waals surface area contributed by atoms with E-state index in [-0.39, 0.29) is 5.97 Å². The van der Waals surface area contributed by atoms with E-state index in [2.05, 4.69) is 89.2 Å². The Morgan fingerprint density at radius 2 is 1.24 bits per heavy atom. The van der Waals surface area contributed by atoms with E-state index < -0.39 is 16.3 Å². The van der Waals surface area contributed by atoms with Crippen LogP contribution in [-0.4, -0.2) is 35.2 Å². The molecule has 0 aliphatic heterocycles. The SMILES string of the molecule is CCOC(=O)c1cc(O[PH+](C(C)C)C(C)C)[c-]c(O[PH+](C(C)C)C(C)C)c1.[Cl][Pd+]. The van der Waals surface area contributed by atoms with Crippen molar-refractivity contribution >= 4 is 31.8 Å². The number of rotatable bonds is 10. The van der Waals surface area contributed by atoms with Gasteiger partial charge < -0.3 is 13.8 Å². The quantitative estimate of drug-likeness (QED) is 0.135. The molecule has 0 aliphatic rings. The Kier molecular flexibility index (Phi) is 15.0. The summed E-state index contributed by atoms with van der Waals surface area (Å²) in [6, 6.07) is 6.73. The Morgan fingerprint density at radius 3 is 1.52 bits per heavy atom. The zero-order valence-corrected chi connectivity index (χ0v) is 23.3. The topological polar surface area (TPSA) is 44.8 Å². The predicted octanol–water partition coefficient (Wildman–Crippen LogP) is 7.00. The first kappa shape index (κ1) is 29.1. The van der Waals surface area contributed by atoms with Gasteiger partial charge in [-0.2, -0.15) is 0 Å². The fraction of sp³-hybridized carbons (Fsp3) is 0.667. The number of benzene rings is 1. The number of carbonyl (C=O) groups excluding carboxylic acids is 1. The number of ether oxygens (including phenoxy) is 1. The fourth-order valence-electron chi connectivity index (χ4n) is 3.02. The van der Waals surface area contributed by atoms with Gasteiger partial charge in [0.25, 0.3) is 0 Å². The molecular weight excluding hydrogens is 520 g/mol. The van der Waals surface area contributed by atoms with Crippen LogP contribution in [0.2, 0.25) is 0 Å². The third kappa shape index (κ3) is 10.3. The first-order chi connectivity index (χ1) is 13.6. The van der Waals surface area contributed by atoms with Crippen LogP contribution in [0.25, 0.3) is 0 Å². The van der Waals surface area contributed by atoms with E-state index in [4.69, 9.17) is 13.8 Å². The van der Waals surface area contributed by atoms with Crippen LogP contribution >= 0.6 is 25.8 Å². The Labute approximate surface area is 194 Å². The summed E-state index contributed by atoms with van der Waals surface area (Å²) in [6.07, 6.45) is 0. The van der Waals surface area contributed by atoms with Gasteiger partial charge in [-0.1, -0.05) is 6.07 Å². The van der Waals surface area contributed by atoms with Crippen molar-refractivity contribution in [2.24, 2.45) is 0 Å². The molecular formula is C21H37ClO4P2Pd+2. The summed E-state index contributed by atoms with van der Waals surface area (Å²) < 4.78 is 17.8. The van der Waals surface area contributed by atoms with E-state index in [0.29, 0.717) is 46.3 Å². The van der Waals surface area contributed by atoms with Crippen molar-refractivity contribution in [2.45, 2.75) is 84.9 Å². The summed E-state index contributed by atoms with van der Waals surface area (Å²) in [6.45, 7) is 19.6. The predicted molar refractivity (Wildman–Crippen MR) is 126 cm³/mol. The van der Waals surface area contributed by atoms with E-state index in [1.165, 1.54) is 0 Å². The third-order valence-electron chi connectivity index (χ3n) is 4.06. The van der Waals surface area contributed by atoms with E-state index >= 15 is 0 Å². The van der Waals surface area contributed by atoms with Crippen molar-refractivity contribution in [1.29, 1.82) is 0 Å².